The number of nitrogens with one attached hydrogen (secondary N) is 1. The molecule has 0 bridgehead atoms. The van der Waals surface area contributed by atoms with Crippen LogP contribution >= 0.6 is 0 Å². The van der Waals surface area contributed by atoms with E-state index in [9.17, 15) is 0 Å². The number of likely N-dealkylation sites (tertiary alicyclic amines) is 1. The van der Waals surface area contributed by atoms with E-state index in [1.54, 1.807) is 0 Å². The molecule has 3 rings (SSSR count). The zero-order valence-electron chi connectivity index (χ0n) is 17.5. The number of aryl methyl sites for hydroxylation is 1. The molecule has 27 heavy (non-hydrogen) atoms. The van der Waals surface area contributed by atoms with Gasteiger partial charge in [0.05, 0.1) is 5.35 Å². The van der Waals surface area contributed by atoms with Crippen LogP contribution in [0.1, 0.15) is 63.8 Å². The Morgan fingerprint density at radius 1 is 1.00 bits per heavy atom. The van der Waals surface area contributed by atoms with Crippen LogP contribution in [0.2, 0.25) is 0 Å². The van der Waals surface area contributed by atoms with Crippen LogP contribution in [0, 0.1) is 6.92 Å². The molecule has 0 aliphatic carbocycles. The van der Waals surface area contributed by atoms with Crippen LogP contribution in [-0.4, -0.2) is 28.7 Å². The molecule has 1 aromatic heterocycles. The Morgan fingerprint density at radius 2 is 1.67 bits per heavy atom. The minimum atomic E-state index is 0.950. The summed E-state index contributed by atoms with van der Waals surface area (Å²) in [6.45, 7) is 13.0. The van der Waals surface area contributed by atoms with Crippen LogP contribution < -0.4 is 10.6 Å². The minimum Gasteiger partial charge on any atom is -0.355 e. The third-order valence-corrected chi connectivity index (χ3v) is 5.25. The summed E-state index contributed by atoms with van der Waals surface area (Å²) in [4.78, 5) is 11.2. The largest absolute Gasteiger partial charge is 0.355 e. The summed E-state index contributed by atoms with van der Waals surface area (Å²) in [5.41, 5.74) is 6.45. The zero-order chi connectivity index (χ0) is 19.4. The number of piperidine rings is 1. The number of nitrogens with zero attached hydrogens (tertiary/aromatic N) is 2. The van der Waals surface area contributed by atoms with Crippen LogP contribution in [0.15, 0.2) is 35.3 Å². The zero-order valence-corrected chi connectivity index (χ0v) is 17.5. The van der Waals surface area contributed by atoms with Crippen molar-refractivity contribution >= 4 is 17.1 Å². The van der Waals surface area contributed by atoms with E-state index in [0.717, 1.165) is 31.0 Å². The molecule has 1 aliphatic heterocycles. The van der Waals surface area contributed by atoms with E-state index in [-0.39, 0.29) is 0 Å². The highest BCUT2D eigenvalue weighted by Crippen LogP contribution is 2.16. The maximum absolute atomic E-state index is 4.99. The number of hydrogen-bond acceptors (Lipinski definition) is 2. The van der Waals surface area contributed by atoms with Gasteiger partial charge in [0, 0.05) is 29.7 Å². The van der Waals surface area contributed by atoms with Crippen molar-refractivity contribution in [2.75, 3.05) is 13.1 Å². The van der Waals surface area contributed by atoms with Crippen LogP contribution in [-0.2, 0) is 6.42 Å². The summed E-state index contributed by atoms with van der Waals surface area (Å²) in [6, 6.07) is 10.7. The summed E-state index contributed by atoms with van der Waals surface area (Å²) >= 11 is 0. The number of benzene rings is 1. The number of H-pyrrole nitrogens is 1. The van der Waals surface area contributed by atoms with Crippen LogP contribution in [0.5, 0.6) is 0 Å². The van der Waals surface area contributed by atoms with E-state index in [2.05, 4.69) is 74.8 Å². The van der Waals surface area contributed by atoms with Gasteiger partial charge < -0.3 is 9.88 Å². The van der Waals surface area contributed by atoms with E-state index < -0.39 is 0 Å². The van der Waals surface area contributed by atoms with E-state index in [4.69, 9.17) is 4.99 Å². The van der Waals surface area contributed by atoms with Crippen molar-refractivity contribution in [1.82, 2.24) is 9.88 Å². The molecule has 3 nitrogen and oxygen atoms in total. The predicted octanol–water partition coefficient (Wildman–Crippen LogP) is 4.14. The summed E-state index contributed by atoms with van der Waals surface area (Å²) < 4.78 is 0. The highest BCUT2D eigenvalue weighted by atomic mass is 15.2. The fraction of sp³-hybridized carbons (Fsp3) is 0.458. The van der Waals surface area contributed by atoms with Gasteiger partial charge in [0.2, 0.25) is 0 Å². The van der Waals surface area contributed by atoms with Gasteiger partial charge >= 0.3 is 0 Å². The van der Waals surface area contributed by atoms with Crippen LogP contribution in [0.25, 0.3) is 11.4 Å². The molecule has 1 N–H and O–H groups in total. The van der Waals surface area contributed by atoms with Crippen LogP contribution in [0.4, 0.5) is 0 Å². The molecule has 144 valence electrons. The third-order valence-electron chi connectivity index (χ3n) is 5.25. The first kappa shape index (κ1) is 19.5. The molecule has 0 saturated carbocycles. The van der Waals surface area contributed by atoms with Crippen LogP contribution in [0.3, 0.4) is 0 Å². The van der Waals surface area contributed by atoms with Gasteiger partial charge in [0.15, 0.2) is 5.82 Å². The Balaban J connectivity index is 2.24. The lowest BCUT2D eigenvalue weighted by molar-refractivity contribution is 0.319. The van der Waals surface area contributed by atoms with Gasteiger partial charge in [-0.2, -0.15) is 0 Å². The first-order valence-electron chi connectivity index (χ1n) is 10.2. The van der Waals surface area contributed by atoms with Crippen molar-refractivity contribution in [1.29, 1.82) is 0 Å². The van der Waals surface area contributed by atoms with Gasteiger partial charge in [0.1, 0.15) is 0 Å². The molecular weight excluding hydrogens is 330 g/mol. The van der Waals surface area contributed by atoms with Gasteiger partial charge in [0.25, 0.3) is 0 Å². The van der Waals surface area contributed by atoms with Gasteiger partial charge in [-0.05, 0) is 71.4 Å². The number of hydrogen-bond donors (Lipinski definition) is 1. The van der Waals surface area contributed by atoms with Crippen molar-refractivity contribution in [3.05, 3.63) is 57.7 Å². The lowest BCUT2D eigenvalue weighted by Crippen LogP contribution is -2.38. The Hall–Kier alpha value is -2.29. The maximum Gasteiger partial charge on any atom is 0.152 e. The van der Waals surface area contributed by atoms with E-state index in [1.807, 2.05) is 0 Å². The molecule has 1 aromatic carbocycles. The normalized spacial score (nSPS) is 15.5. The molecule has 0 unspecified atom stereocenters. The van der Waals surface area contributed by atoms with Crippen molar-refractivity contribution < 1.29 is 0 Å². The molecule has 0 atom stereocenters. The average molecular weight is 364 g/mol. The Kier molecular flexibility index (Phi) is 6.20. The molecular formula is C24H33N3. The van der Waals surface area contributed by atoms with Gasteiger partial charge in [-0.25, -0.2) is 4.99 Å². The highest BCUT2D eigenvalue weighted by molar-refractivity contribution is 5.82. The Labute approximate surface area is 163 Å². The highest BCUT2D eigenvalue weighted by Gasteiger charge is 2.17. The predicted molar refractivity (Wildman–Crippen MR) is 116 cm³/mol. The molecule has 0 amide bonds. The monoisotopic (exact) mass is 363 g/mol. The van der Waals surface area contributed by atoms with Gasteiger partial charge in [-0.1, -0.05) is 35.9 Å². The minimum absolute atomic E-state index is 0.950. The van der Waals surface area contributed by atoms with Crippen molar-refractivity contribution in [2.24, 2.45) is 4.99 Å². The molecule has 2 heterocycles. The van der Waals surface area contributed by atoms with Gasteiger partial charge in [-0.3, -0.25) is 0 Å². The second-order valence-corrected chi connectivity index (χ2v) is 8.07. The van der Waals surface area contributed by atoms with Crippen molar-refractivity contribution in [2.45, 2.75) is 60.3 Å². The van der Waals surface area contributed by atoms with Gasteiger partial charge in [-0.15, -0.1) is 0 Å². The summed E-state index contributed by atoms with van der Waals surface area (Å²) in [6.07, 6.45) is 4.78. The number of aromatic amines is 1. The molecule has 2 aromatic rings. The topological polar surface area (TPSA) is 31.4 Å². The smallest absolute Gasteiger partial charge is 0.152 e. The van der Waals surface area contributed by atoms with Crippen molar-refractivity contribution in [3.8, 4) is 0 Å². The Bertz CT molecular complexity index is 918. The molecule has 3 heteroatoms. The lowest BCUT2D eigenvalue weighted by Gasteiger charge is -2.28. The molecule has 1 saturated heterocycles. The standard InChI is InChI=1S/C24H33N3/c1-17(2)22-21(16-20-12-8-6-9-13-20)19(5)26-23(22)24(25-18(3)4)27-14-10-7-11-15-27/h6,8-9,12-13,26H,7,10-11,14-16H2,1-5H3/b24-23-. The lowest BCUT2D eigenvalue weighted by atomic mass is 10.0. The molecule has 0 spiro atoms. The van der Waals surface area contributed by atoms with Crippen molar-refractivity contribution in [3.63, 3.8) is 0 Å². The number of aliphatic imine (C=N–C) groups is 1. The number of aromatic nitrogens is 1. The summed E-state index contributed by atoms with van der Waals surface area (Å²) in [5, 5.41) is 2.54. The van der Waals surface area contributed by atoms with E-state index >= 15 is 0 Å². The Morgan fingerprint density at radius 3 is 2.26 bits per heavy atom. The number of rotatable bonds is 4. The second kappa shape index (κ2) is 8.60. The third kappa shape index (κ3) is 4.52. The SMILES string of the molecule is CC(C)=N/C(=c1/[nH]c(C)c(Cc2ccccc2)c1=C(C)C)N1CCCCC1. The molecule has 1 fully saturated rings. The second-order valence-electron chi connectivity index (χ2n) is 8.07. The summed E-state index contributed by atoms with van der Waals surface area (Å²) in [5.74, 6) is 1.12. The fourth-order valence-corrected chi connectivity index (χ4v) is 4.01. The first-order chi connectivity index (χ1) is 13.0. The van der Waals surface area contributed by atoms with E-state index in [0.29, 0.717) is 0 Å². The van der Waals surface area contributed by atoms with E-state index in [1.165, 1.54) is 52.2 Å². The first-order valence-corrected chi connectivity index (χ1v) is 10.2. The average Bonchev–Trinajstić information content (AvgIpc) is 2.97. The summed E-state index contributed by atoms with van der Waals surface area (Å²) in [7, 11) is 0. The maximum atomic E-state index is 4.99. The molecule has 1 aliphatic rings. The quantitative estimate of drug-likeness (QED) is 0.814. The fourth-order valence-electron chi connectivity index (χ4n) is 4.01. The molecule has 0 radical (unpaired) electrons.